The molecule has 3 aromatic rings. The molecule has 6 nitrogen and oxygen atoms in total. The number of carbonyl (C=O) groups excluding carboxylic acids is 1. The highest BCUT2D eigenvalue weighted by molar-refractivity contribution is 5.95. The van der Waals surface area contributed by atoms with E-state index >= 15 is 0 Å². The first-order valence-corrected chi connectivity index (χ1v) is 9.50. The zero-order valence-corrected chi connectivity index (χ0v) is 16.1. The summed E-state index contributed by atoms with van der Waals surface area (Å²) in [5, 5.41) is 3.34. The molecule has 0 radical (unpaired) electrons. The fourth-order valence-electron chi connectivity index (χ4n) is 3.37. The van der Waals surface area contributed by atoms with Gasteiger partial charge in [0, 0.05) is 23.9 Å². The Morgan fingerprint density at radius 1 is 1.43 bits per heavy atom. The predicted octanol–water partition coefficient (Wildman–Crippen LogP) is 3.42. The summed E-state index contributed by atoms with van der Waals surface area (Å²) in [5.41, 5.74) is 10.3. The molecule has 0 atom stereocenters. The van der Waals surface area contributed by atoms with E-state index in [1.807, 2.05) is 28.9 Å². The number of terminal acetylenes is 1. The number of imidazole rings is 1. The maximum Gasteiger partial charge on any atom is 0.248 e. The van der Waals surface area contributed by atoms with Gasteiger partial charge in [-0.25, -0.2) is 9.97 Å². The number of rotatable bonds is 6. The van der Waals surface area contributed by atoms with E-state index in [4.69, 9.17) is 12.2 Å². The molecule has 0 aliphatic heterocycles. The molecule has 142 valence electrons. The molecule has 1 aliphatic rings. The molecule has 1 amide bonds. The lowest BCUT2D eigenvalue weighted by atomic mass is 9.98. The van der Waals surface area contributed by atoms with Gasteiger partial charge in [-0.3, -0.25) is 9.20 Å². The maximum atomic E-state index is 11.8. The summed E-state index contributed by atoms with van der Waals surface area (Å²) < 4.78 is 1.96. The van der Waals surface area contributed by atoms with Crippen molar-refractivity contribution in [2.75, 3.05) is 11.9 Å². The molecule has 28 heavy (non-hydrogen) atoms. The van der Waals surface area contributed by atoms with Crippen LogP contribution >= 0.6 is 0 Å². The predicted molar refractivity (Wildman–Crippen MR) is 110 cm³/mol. The van der Waals surface area contributed by atoms with Crippen LogP contribution < -0.4 is 11.1 Å². The van der Waals surface area contributed by atoms with E-state index < -0.39 is 0 Å². The van der Waals surface area contributed by atoms with Crippen LogP contribution in [0, 0.1) is 18.3 Å². The van der Waals surface area contributed by atoms with Gasteiger partial charge < -0.3 is 11.1 Å². The third-order valence-electron chi connectivity index (χ3n) is 4.95. The average molecular weight is 373 g/mol. The van der Waals surface area contributed by atoms with Crippen molar-refractivity contribution in [1.82, 2.24) is 14.4 Å². The quantitative estimate of drug-likeness (QED) is 0.648. The Labute approximate surface area is 164 Å². The van der Waals surface area contributed by atoms with Crippen molar-refractivity contribution in [2.45, 2.75) is 32.6 Å². The number of nitrogens with one attached hydrogen (secondary N) is 1. The number of aromatic nitrogens is 3. The van der Waals surface area contributed by atoms with E-state index in [0.717, 1.165) is 41.9 Å². The second-order valence-electron chi connectivity index (χ2n) is 7.67. The topological polar surface area (TPSA) is 85.3 Å². The largest absolute Gasteiger partial charge is 0.367 e. The van der Waals surface area contributed by atoms with Gasteiger partial charge in [-0.1, -0.05) is 19.9 Å². The van der Waals surface area contributed by atoms with E-state index in [9.17, 15) is 4.79 Å². The average Bonchev–Trinajstić information content (AvgIpc) is 3.44. The highest BCUT2D eigenvalue weighted by atomic mass is 16.1. The number of primary amides is 1. The highest BCUT2D eigenvalue weighted by Gasteiger charge is 2.28. The lowest BCUT2D eigenvalue weighted by Gasteiger charge is -2.12. The molecule has 0 spiro atoms. The molecule has 1 aliphatic carbocycles. The zero-order chi connectivity index (χ0) is 19.8. The van der Waals surface area contributed by atoms with E-state index in [2.05, 4.69) is 41.1 Å². The van der Waals surface area contributed by atoms with Gasteiger partial charge in [0.25, 0.3) is 0 Å². The van der Waals surface area contributed by atoms with Gasteiger partial charge in [-0.2, -0.15) is 0 Å². The Morgan fingerprint density at radius 3 is 2.86 bits per heavy atom. The van der Waals surface area contributed by atoms with Crippen molar-refractivity contribution >= 4 is 17.4 Å². The summed E-state index contributed by atoms with van der Waals surface area (Å²) in [7, 11) is 0. The van der Waals surface area contributed by atoms with Crippen LogP contribution in [0.15, 0.2) is 30.6 Å². The van der Waals surface area contributed by atoms with Crippen molar-refractivity contribution in [3.05, 3.63) is 47.4 Å². The minimum Gasteiger partial charge on any atom is -0.367 e. The Bertz CT molecular complexity index is 1100. The molecular formula is C22H23N5O. The number of hydrogen-bond donors (Lipinski definition) is 2. The first-order valence-electron chi connectivity index (χ1n) is 9.50. The van der Waals surface area contributed by atoms with Gasteiger partial charge in [0.1, 0.15) is 5.69 Å². The number of carbonyl (C=O) groups is 1. The first-order chi connectivity index (χ1) is 13.5. The Hall–Kier alpha value is -3.33. The monoisotopic (exact) mass is 373 g/mol. The Kier molecular flexibility index (Phi) is 4.52. The second-order valence-corrected chi connectivity index (χ2v) is 7.67. The van der Waals surface area contributed by atoms with Crippen LogP contribution in [0.1, 0.15) is 54.2 Å². The van der Waals surface area contributed by atoms with Crippen molar-refractivity contribution < 1.29 is 4.79 Å². The number of hydrogen-bond acceptors (Lipinski definition) is 4. The van der Waals surface area contributed by atoms with Crippen LogP contribution in [-0.4, -0.2) is 26.8 Å². The molecule has 1 fully saturated rings. The van der Waals surface area contributed by atoms with Crippen molar-refractivity contribution in [3.63, 3.8) is 0 Å². The summed E-state index contributed by atoms with van der Waals surface area (Å²) >= 11 is 0. The zero-order valence-electron chi connectivity index (χ0n) is 16.1. The Balaban J connectivity index is 1.83. The lowest BCUT2D eigenvalue weighted by Crippen LogP contribution is -2.13. The van der Waals surface area contributed by atoms with Crippen LogP contribution in [0.4, 0.5) is 5.82 Å². The lowest BCUT2D eigenvalue weighted by molar-refractivity contribution is 0.0999. The van der Waals surface area contributed by atoms with E-state index in [0.29, 0.717) is 28.9 Å². The molecule has 2 heterocycles. The summed E-state index contributed by atoms with van der Waals surface area (Å²) in [6.07, 6.45) is 11.4. The van der Waals surface area contributed by atoms with Gasteiger partial charge in [0.05, 0.1) is 11.9 Å². The fourth-order valence-corrected chi connectivity index (χ4v) is 3.37. The molecule has 0 unspecified atom stereocenters. The smallest absolute Gasteiger partial charge is 0.248 e. The SMILES string of the molecule is C#Cc1cn2c(-c3ccc(C(N)=O)c(C4CC4)c3)cnc2c(NCC(C)C)n1. The van der Waals surface area contributed by atoms with Crippen LogP contribution in [0.5, 0.6) is 0 Å². The molecule has 0 bridgehead atoms. The summed E-state index contributed by atoms with van der Waals surface area (Å²) in [5.74, 6) is 3.78. The minimum atomic E-state index is -0.384. The summed E-state index contributed by atoms with van der Waals surface area (Å²) in [6.45, 7) is 5.04. The molecular weight excluding hydrogens is 350 g/mol. The van der Waals surface area contributed by atoms with Crippen LogP contribution in [0.3, 0.4) is 0 Å². The summed E-state index contributed by atoms with van der Waals surface area (Å²) in [6, 6.07) is 5.77. The number of benzene rings is 1. The molecule has 4 rings (SSSR count). The highest BCUT2D eigenvalue weighted by Crippen LogP contribution is 2.43. The van der Waals surface area contributed by atoms with Gasteiger partial charge in [-0.05, 0) is 48.3 Å². The summed E-state index contributed by atoms with van der Waals surface area (Å²) in [4.78, 5) is 20.9. The van der Waals surface area contributed by atoms with Gasteiger partial charge >= 0.3 is 0 Å². The Morgan fingerprint density at radius 2 is 2.21 bits per heavy atom. The van der Waals surface area contributed by atoms with Gasteiger partial charge in [0.15, 0.2) is 11.5 Å². The maximum absolute atomic E-state index is 11.8. The van der Waals surface area contributed by atoms with Crippen LogP contribution in [0.25, 0.3) is 16.9 Å². The van der Waals surface area contributed by atoms with E-state index in [-0.39, 0.29) is 5.91 Å². The molecule has 0 saturated heterocycles. The molecule has 1 aromatic carbocycles. The van der Waals surface area contributed by atoms with Crippen molar-refractivity contribution in [1.29, 1.82) is 0 Å². The number of amides is 1. The normalized spacial score (nSPS) is 13.6. The molecule has 2 aromatic heterocycles. The van der Waals surface area contributed by atoms with E-state index in [1.54, 1.807) is 0 Å². The van der Waals surface area contributed by atoms with Gasteiger partial charge in [0.2, 0.25) is 5.91 Å². The fraction of sp³-hybridized carbons (Fsp3) is 0.318. The number of nitrogens with zero attached hydrogens (tertiary/aromatic N) is 3. The third-order valence-corrected chi connectivity index (χ3v) is 4.95. The molecule has 3 N–H and O–H groups in total. The standard InChI is InChI=1S/C22H23N5O/c1-4-16-12-27-19(11-25-22(27)21(26-16)24-10-13(2)3)15-7-8-17(20(23)28)18(9-15)14-5-6-14/h1,7-9,11-14H,5-6,10H2,2-3H3,(H2,23,28)(H,24,26). The van der Waals surface area contributed by atoms with Crippen molar-refractivity contribution in [2.24, 2.45) is 11.7 Å². The number of fused-ring (bicyclic) bond motifs is 1. The third kappa shape index (κ3) is 3.31. The van der Waals surface area contributed by atoms with Crippen LogP contribution in [-0.2, 0) is 0 Å². The number of anilines is 1. The number of nitrogens with two attached hydrogens (primary N) is 1. The van der Waals surface area contributed by atoms with Crippen molar-refractivity contribution in [3.8, 4) is 23.6 Å². The first kappa shape index (κ1) is 18.1. The second kappa shape index (κ2) is 7.01. The van der Waals surface area contributed by atoms with Gasteiger partial charge in [-0.15, -0.1) is 6.42 Å². The molecule has 6 heteroatoms. The minimum absolute atomic E-state index is 0.384. The van der Waals surface area contributed by atoms with Crippen LogP contribution in [0.2, 0.25) is 0 Å². The van der Waals surface area contributed by atoms with E-state index in [1.165, 1.54) is 0 Å². The molecule has 1 saturated carbocycles.